The smallest absolute Gasteiger partial charge is 0.240 e. The monoisotopic (exact) mass is 387 g/mol. The zero-order chi connectivity index (χ0) is 18.5. The van der Waals surface area contributed by atoms with Gasteiger partial charge in [0.25, 0.3) is 0 Å². The SMILES string of the molecule is O=C(C[C@@H]1S/C(=N/N=C/c2ccccc2O)NC1=O)c1ccc(Cl)cc1. The zero-order valence-electron chi connectivity index (χ0n) is 13.4. The van der Waals surface area contributed by atoms with E-state index >= 15 is 0 Å². The molecule has 1 aliphatic heterocycles. The fraction of sp³-hybridized carbons (Fsp3) is 0.111. The molecule has 2 aromatic carbocycles. The van der Waals surface area contributed by atoms with Gasteiger partial charge in [-0.15, -0.1) is 5.10 Å². The molecule has 1 saturated heterocycles. The van der Waals surface area contributed by atoms with E-state index in [1.54, 1.807) is 48.5 Å². The molecule has 26 heavy (non-hydrogen) atoms. The van der Waals surface area contributed by atoms with E-state index in [2.05, 4.69) is 15.5 Å². The molecular formula is C18H14ClN3O3S. The van der Waals surface area contributed by atoms with Crippen molar-refractivity contribution in [3.8, 4) is 5.75 Å². The number of benzene rings is 2. The van der Waals surface area contributed by atoms with E-state index in [9.17, 15) is 14.7 Å². The second-order valence-electron chi connectivity index (χ2n) is 5.44. The molecule has 1 fully saturated rings. The minimum Gasteiger partial charge on any atom is -0.507 e. The Hall–Kier alpha value is -2.64. The quantitative estimate of drug-likeness (QED) is 0.468. The molecule has 8 heteroatoms. The fourth-order valence-corrected chi connectivity index (χ4v) is 3.30. The number of hydrogen-bond donors (Lipinski definition) is 2. The van der Waals surface area contributed by atoms with Gasteiger partial charge >= 0.3 is 0 Å². The Morgan fingerprint density at radius 1 is 1.23 bits per heavy atom. The lowest BCUT2D eigenvalue weighted by molar-refractivity contribution is -0.118. The van der Waals surface area contributed by atoms with Gasteiger partial charge in [-0.3, -0.25) is 9.59 Å². The van der Waals surface area contributed by atoms with Crippen LogP contribution in [-0.4, -0.2) is 33.4 Å². The lowest BCUT2D eigenvalue weighted by Crippen LogP contribution is -2.26. The van der Waals surface area contributed by atoms with Crippen molar-refractivity contribution in [2.24, 2.45) is 10.2 Å². The van der Waals surface area contributed by atoms with Gasteiger partial charge in [-0.2, -0.15) is 5.10 Å². The van der Waals surface area contributed by atoms with Crippen LogP contribution in [0.2, 0.25) is 5.02 Å². The molecule has 0 unspecified atom stereocenters. The third-order valence-corrected chi connectivity index (χ3v) is 4.92. The van der Waals surface area contributed by atoms with E-state index in [1.807, 2.05) is 0 Å². The molecule has 1 atom stereocenters. The molecule has 0 spiro atoms. The lowest BCUT2D eigenvalue weighted by atomic mass is 10.1. The van der Waals surface area contributed by atoms with Gasteiger partial charge in [-0.25, -0.2) is 0 Å². The predicted molar refractivity (Wildman–Crippen MR) is 103 cm³/mol. The van der Waals surface area contributed by atoms with Crippen LogP contribution in [-0.2, 0) is 4.79 Å². The summed E-state index contributed by atoms with van der Waals surface area (Å²) in [4.78, 5) is 24.3. The Labute approximate surface area is 159 Å². The number of Topliss-reactive ketones (excluding diaryl/α,β-unsaturated/α-hetero) is 1. The Bertz CT molecular complexity index is 897. The molecule has 1 heterocycles. The highest BCUT2D eigenvalue weighted by atomic mass is 35.5. The van der Waals surface area contributed by atoms with Crippen molar-refractivity contribution in [1.29, 1.82) is 0 Å². The number of aromatic hydroxyl groups is 1. The summed E-state index contributed by atoms with van der Waals surface area (Å²) in [6.45, 7) is 0. The van der Waals surface area contributed by atoms with Gasteiger partial charge in [0.15, 0.2) is 11.0 Å². The highest BCUT2D eigenvalue weighted by molar-refractivity contribution is 8.15. The van der Waals surface area contributed by atoms with Crippen LogP contribution >= 0.6 is 23.4 Å². The van der Waals surface area contributed by atoms with Gasteiger partial charge in [-0.1, -0.05) is 35.5 Å². The number of nitrogens with one attached hydrogen (secondary N) is 1. The zero-order valence-corrected chi connectivity index (χ0v) is 15.0. The average molecular weight is 388 g/mol. The molecule has 1 aliphatic rings. The molecular weight excluding hydrogens is 374 g/mol. The summed E-state index contributed by atoms with van der Waals surface area (Å²) in [6.07, 6.45) is 1.45. The Kier molecular flexibility index (Phi) is 5.70. The van der Waals surface area contributed by atoms with Gasteiger partial charge < -0.3 is 10.4 Å². The second kappa shape index (κ2) is 8.16. The van der Waals surface area contributed by atoms with Gasteiger partial charge in [0.1, 0.15) is 5.75 Å². The third-order valence-electron chi connectivity index (χ3n) is 3.60. The number of rotatable bonds is 5. The number of hydrogen-bond acceptors (Lipinski definition) is 6. The number of amidine groups is 1. The topological polar surface area (TPSA) is 91.1 Å². The number of halogens is 1. The van der Waals surface area contributed by atoms with E-state index < -0.39 is 5.25 Å². The summed E-state index contributed by atoms with van der Waals surface area (Å²) < 4.78 is 0. The number of phenolic OH excluding ortho intramolecular Hbond substituents is 1. The number of thioether (sulfide) groups is 1. The highest BCUT2D eigenvalue weighted by Gasteiger charge is 2.32. The normalized spacial score (nSPS) is 18.4. The molecule has 1 amide bonds. The van der Waals surface area contributed by atoms with Crippen molar-refractivity contribution < 1.29 is 14.7 Å². The number of carbonyl (C=O) groups is 2. The first-order chi connectivity index (χ1) is 12.5. The van der Waals surface area contributed by atoms with Crippen LogP contribution in [0.25, 0.3) is 0 Å². The summed E-state index contributed by atoms with van der Waals surface area (Å²) in [6, 6.07) is 13.2. The van der Waals surface area contributed by atoms with Crippen LogP contribution in [0, 0.1) is 0 Å². The predicted octanol–water partition coefficient (Wildman–Crippen LogP) is 3.24. The van der Waals surface area contributed by atoms with Crippen molar-refractivity contribution in [2.75, 3.05) is 0 Å². The van der Waals surface area contributed by atoms with Crippen LogP contribution in [0.3, 0.4) is 0 Å². The molecule has 0 bridgehead atoms. The van der Waals surface area contributed by atoms with E-state index in [1.165, 1.54) is 6.21 Å². The molecule has 0 saturated carbocycles. The molecule has 132 valence electrons. The summed E-state index contributed by atoms with van der Waals surface area (Å²) >= 11 is 6.96. The van der Waals surface area contributed by atoms with E-state index in [-0.39, 0.29) is 23.9 Å². The van der Waals surface area contributed by atoms with Gasteiger partial charge in [0.2, 0.25) is 5.91 Å². The summed E-state index contributed by atoms with van der Waals surface area (Å²) in [5, 5.41) is 20.3. The number of ketones is 1. The fourth-order valence-electron chi connectivity index (χ4n) is 2.25. The van der Waals surface area contributed by atoms with Crippen LogP contribution in [0.1, 0.15) is 22.3 Å². The molecule has 0 aromatic heterocycles. The number of carbonyl (C=O) groups excluding carboxylic acids is 2. The van der Waals surface area contributed by atoms with Crippen LogP contribution in [0.4, 0.5) is 0 Å². The van der Waals surface area contributed by atoms with E-state index in [0.29, 0.717) is 21.3 Å². The standard InChI is InChI=1S/C18H14ClN3O3S/c19-13-7-5-11(6-8-13)15(24)9-16-17(25)21-18(26-16)22-20-10-12-3-1-2-4-14(12)23/h1-8,10,16,23H,9H2,(H,21,22,25)/b20-10+/t16-/m0/s1. The highest BCUT2D eigenvalue weighted by Crippen LogP contribution is 2.24. The number of para-hydroxylation sites is 1. The summed E-state index contributed by atoms with van der Waals surface area (Å²) in [5.41, 5.74) is 1.02. The maximum Gasteiger partial charge on any atom is 0.240 e. The lowest BCUT2D eigenvalue weighted by Gasteiger charge is -2.04. The van der Waals surface area contributed by atoms with Crippen molar-refractivity contribution in [3.63, 3.8) is 0 Å². The van der Waals surface area contributed by atoms with Gasteiger partial charge in [-0.05, 0) is 36.4 Å². The maximum atomic E-state index is 12.3. The van der Waals surface area contributed by atoms with Gasteiger partial charge in [0, 0.05) is 22.6 Å². The first-order valence-corrected chi connectivity index (χ1v) is 8.94. The molecule has 6 nitrogen and oxygen atoms in total. The Morgan fingerprint density at radius 3 is 2.69 bits per heavy atom. The molecule has 2 aromatic rings. The molecule has 0 aliphatic carbocycles. The first kappa shape index (κ1) is 18.2. The van der Waals surface area contributed by atoms with E-state index in [0.717, 1.165) is 11.8 Å². The second-order valence-corrected chi connectivity index (χ2v) is 7.07. The molecule has 3 rings (SSSR count). The number of phenols is 1. The summed E-state index contributed by atoms with van der Waals surface area (Å²) in [7, 11) is 0. The van der Waals surface area contributed by atoms with E-state index in [4.69, 9.17) is 11.6 Å². The maximum absolute atomic E-state index is 12.3. The number of nitrogens with zero attached hydrogens (tertiary/aromatic N) is 2. The van der Waals surface area contributed by atoms with Crippen LogP contribution in [0.15, 0.2) is 58.7 Å². The van der Waals surface area contributed by atoms with Crippen LogP contribution < -0.4 is 5.32 Å². The molecule has 0 radical (unpaired) electrons. The Balaban J connectivity index is 1.62. The minimum absolute atomic E-state index is 0.0559. The Morgan fingerprint density at radius 2 is 1.96 bits per heavy atom. The van der Waals surface area contributed by atoms with Gasteiger partial charge in [0.05, 0.1) is 11.5 Å². The van der Waals surface area contributed by atoms with Crippen LogP contribution in [0.5, 0.6) is 5.75 Å². The largest absolute Gasteiger partial charge is 0.507 e. The number of amides is 1. The van der Waals surface area contributed by atoms with Crippen molar-refractivity contribution in [2.45, 2.75) is 11.7 Å². The average Bonchev–Trinajstić information content (AvgIpc) is 2.96. The molecule has 2 N–H and O–H groups in total. The van der Waals surface area contributed by atoms with Crippen molar-refractivity contribution >= 4 is 46.4 Å². The summed E-state index contributed by atoms with van der Waals surface area (Å²) in [5.74, 6) is -0.340. The van der Waals surface area contributed by atoms with Crippen molar-refractivity contribution in [3.05, 3.63) is 64.7 Å². The first-order valence-electron chi connectivity index (χ1n) is 7.68. The third kappa shape index (κ3) is 4.50. The minimum atomic E-state index is -0.558. The van der Waals surface area contributed by atoms with Crippen molar-refractivity contribution in [1.82, 2.24) is 5.32 Å².